The lowest BCUT2D eigenvalue weighted by Gasteiger charge is -2.17. The van der Waals surface area contributed by atoms with Gasteiger partial charge in [-0.15, -0.1) is 0 Å². The Hall–Kier alpha value is -1.34. The molecule has 3 rings (SSSR count). The van der Waals surface area contributed by atoms with Crippen LogP contribution in [0.2, 0.25) is 0 Å². The second-order valence-corrected chi connectivity index (χ2v) is 5.58. The first-order chi connectivity index (χ1) is 8.83. The van der Waals surface area contributed by atoms with Crippen molar-refractivity contribution in [2.45, 2.75) is 19.4 Å². The first kappa shape index (κ1) is 11.7. The molecular formula is C17H21N. The van der Waals surface area contributed by atoms with E-state index in [1.54, 1.807) is 0 Å². The van der Waals surface area contributed by atoms with Gasteiger partial charge in [-0.25, -0.2) is 0 Å². The average molecular weight is 239 g/mol. The molecule has 0 saturated carbocycles. The number of likely N-dealkylation sites (tertiary alicyclic amines) is 1. The Kier molecular flexibility index (Phi) is 3.33. The summed E-state index contributed by atoms with van der Waals surface area (Å²) >= 11 is 0. The van der Waals surface area contributed by atoms with Crippen molar-refractivity contribution in [2.24, 2.45) is 11.8 Å². The Morgan fingerprint density at radius 1 is 1.17 bits per heavy atom. The lowest BCUT2D eigenvalue weighted by atomic mass is 9.90. The van der Waals surface area contributed by atoms with Crippen LogP contribution in [0.1, 0.15) is 18.4 Å². The SMILES string of the molecule is C=C1CCC=C[C@@H]2CN(Cc3ccccc3)C[C@H]12. The smallest absolute Gasteiger partial charge is 0.0234 e. The van der Waals surface area contributed by atoms with Crippen LogP contribution in [0.4, 0.5) is 0 Å². The predicted octanol–water partition coefficient (Wildman–Crippen LogP) is 3.64. The molecule has 18 heavy (non-hydrogen) atoms. The predicted molar refractivity (Wildman–Crippen MR) is 76.2 cm³/mol. The summed E-state index contributed by atoms with van der Waals surface area (Å²) in [6.45, 7) is 7.74. The summed E-state index contributed by atoms with van der Waals surface area (Å²) in [6.07, 6.45) is 7.14. The molecule has 94 valence electrons. The third-order valence-corrected chi connectivity index (χ3v) is 4.23. The van der Waals surface area contributed by atoms with Crippen molar-refractivity contribution in [3.63, 3.8) is 0 Å². The van der Waals surface area contributed by atoms with Crippen molar-refractivity contribution < 1.29 is 0 Å². The fourth-order valence-corrected chi connectivity index (χ4v) is 3.24. The third kappa shape index (κ3) is 2.41. The van der Waals surface area contributed by atoms with Crippen molar-refractivity contribution in [1.82, 2.24) is 4.90 Å². The first-order valence-electron chi connectivity index (χ1n) is 6.93. The molecule has 1 heteroatoms. The van der Waals surface area contributed by atoms with Gasteiger partial charge in [0.1, 0.15) is 0 Å². The Labute approximate surface area is 110 Å². The van der Waals surface area contributed by atoms with Gasteiger partial charge in [-0.2, -0.15) is 0 Å². The third-order valence-electron chi connectivity index (χ3n) is 4.23. The second-order valence-electron chi connectivity index (χ2n) is 5.58. The maximum absolute atomic E-state index is 4.29. The van der Waals surface area contributed by atoms with Crippen LogP contribution in [0.25, 0.3) is 0 Å². The van der Waals surface area contributed by atoms with Crippen LogP contribution in [-0.4, -0.2) is 18.0 Å². The number of fused-ring (bicyclic) bond motifs is 1. The fourth-order valence-electron chi connectivity index (χ4n) is 3.24. The van der Waals surface area contributed by atoms with E-state index in [0.717, 1.165) is 6.54 Å². The highest BCUT2D eigenvalue weighted by atomic mass is 15.2. The molecule has 2 aliphatic rings. The van der Waals surface area contributed by atoms with Crippen molar-refractivity contribution in [3.8, 4) is 0 Å². The van der Waals surface area contributed by atoms with Crippen LogP contribution in [0, 0.1) is 11.8 Å². The summed E-state index contributed by atoms with van der Waals surface area (Å²) in [4.78, 5) is 2.57. The molecule has 2 atom stereocenters. The van der Waals surface area contributed by atoms with E-state index in [-0.39, 0.29) is 0 Å². The summed E-state index contributed by atoms with van der Waals surface area (Å²) in [5.74, 6) is 1.39. The van der Waals surface area contributed by atoms with Gasteiger partial charge in [-0.05, 0) is 30.2 Å². The molecule has 1 aliphatic heterocycles. The van der Waals surface area contributed by atoms with Crippen LogP contribution in [0.15, 0.2) is 54.6 Å². The van der Waals surface area contributed by atoms with Crippen molar-refractivity contribution >= 4 is 0 Å². The van der Waals surface area contributed by atoms with E-state index in [1.165, 1.54) is 37.1 Å². The molecule has 1 aromatic carbocycles. The monoisotopic (exact) mass is 239 g/mol. The van der Waals surface area contributed by atoms with Crippen molar-refractivity contribution in [3.05, 3.63) is 60.2 Å². The van der Waals surface area contributed by atoms with Gasteiger partial charge in [0.05, 0.1) is 0 Å². The van der Waals surface area contributed by atoms with Crippen molar-refractivity contribution in [1.29, 1.82) is 0 Å². The maximum atomic E-state index is 4.29. The molecule has 1 nitrogen and oxygen atoms in total. The summed E-state index contributed by atoms with van der Waals surface area (Å²) in [7, 11) is 0. The Morgan fingerprint density at radius 3 is 2.83 bits per heavy atom. The lowest BCUT2D eigenvalue weighted by Crippen LogP contribution is -2.20. The summed E-state index contributed by atoms with van der Waals surface area (Å²) in [5, 5.41) is 0. The Morgan fingerprint density at radius 2 is 2.00 bits per heavy atom. The zero-order valence-corrected chi connectivity index (χ0v) is 10.9. The summed E-state index contributed by atoms with van der Waals surface area (Å²) in [5.41, 5.74) is 2.88. The molecule has 1 heterocycles. The van der Waals surface area contributed by atoms with E-state index >= 15 is 0 Å². The van der Waals surface area contributed by atoms with E-state index in [0.29, 0.717) is 11.8 Å². The van der Waals surface area contributed by atoms with E-state index in [1.807, 2.05) is 0 Å². The molecule has 1 aromatic rings. The van der Waals surface area contributed by atoms with E-state index in [4.69, 9.17) is 0 Å². The Balaban J connectivity index is 1.69. The second kappa shape index (κ2) is 5.11. The molecular weight excluding hydrogens is 218 g/mol. The number of benzene rings is 1. The zero-order valence-electron chi connectivity index (χ0n) is 10.9. The lowest BCUT2D eigenvalue weighted by molar-refractivity contribution is 0.318. The normalized spacial score (nSPS) is 28.1. The molecule has 0 unspecified atom stereocenters. The molecule has 0 bridgehead atoms. The largest absolute Gasteiger partial charge is 0.298 e. The molecule has 0 N–H and O–H groups in total. The standard InChI is InChI=1S/C17H21N/c1-14-7-5-6-10-16-12-18(13-17(14)16)11-15-8-3-2-4-9-15/h2-4,6,8-10,16-17H,1,5,7,11-13H2/t16-,17-/m1/s1. The highest BCUT2D eigenvalue weighted by molar-refractivity contribution is 5.18. The molecule has 1 aliphatic carbocycles. The van der Waals surface area contributed by atoms with Gasteiger partial charge in [0.2, 0.25) is 0 Å². The zero-order chi connectivity index (χ0) is 12.4. The molecule has 1 fully saturated rings. The van der Waals surface area contributed by atoms with E-state index in [9.17, 15) is 0 Å². The van der Waals surface area contributed by atoms with Gasteiger partial charge in [0.15, 0.2) is 0 Å². The molecule has 0 spiro atoms. The quantitative estimate of drug-likeness (QED) is 0.712. The first-order valence-corrected chi connectivity index (χ1v) is 6.93. The van der Waals surface area contributed by atoms with Crippen LogP contribution in [0.5, 0.6) is 0 Å². The van der Waals surface area contributed by atoms with Crippen LogP contribution in [-0.2, 0) is 6.54 Å². The number of rotatable bonds is 2. The van der Waals surface area contributed by atoms with Gasteiger partial charge in [-0.1, -0.05) is 54.6 Å². The minimum Gasteiger partial charge on any atom is -0.298 e. The number of hydrogen-bond donors (Lipinski definition) is 0. The minimum absolute atomic E-state index is 0.687. The number of nitrogens with zero attached hydrogens (tertiary/aromatic N) is 1. The van der Waals surface area contributed by atoms with Gasteiger partial charge in [0.25, 0.3) is 0 Å². The highest BCUT2D eigenvalue weighted by Crippen LogP contribution is 2.34. The van der Waals surface area contributed by atoms with Gasteiger partial charge in [0, 0.05) is 19.6 Å². The molecule has 0 amide bonds. The topological polar surface area (TPSA) is 3.24 Å². The van der Waals surface area contributed by atoms with Gasteiger partial charge < -0.3 is 0 Å². The van der Waals surface area contributed by atoms with Gasteiger partial charge in [-0.3, -0.25) is 4.90 Å². The van der Waals surface area contributed by atoms with Crippen molar-refractivity contribution in [2.75, 3.05) is 13.1 Å². The highest BCUT2D eigenvalue weighted by Gasteiger charge is 2.33. The fraction of sp³-hybridized carbons (Fsp3) is 0.412. The van der Waals surface area contributed by atoms with E-state index in [2.05, 4.69) is 54.0 Å². The van der Waals surface area contributed by atoms with Crippen LogP contribution < -0.4 is 0 Å². The average Bonchev–Trinajstić information content (AvgIpc) is 2.71. The number of allylic oxidation sites excluding steroid dienone is 1. The summed E-state index contributed by atoms with van der Waals surface area (Å²) < 4.78 is 0. The summed E-state index contributed by atoms with van der Waals surface area (Å²) in [6, 6.07) is 10.8. The minimum atomic E-state index is 0.687. The van der Waals surface area contributed by atoms with Crippen LogP contribution in [0.3, 0.4) is 0 Å². The molecule has 1 saturated heterocycles. The van der Waals surface area contributed by atoms with E-state index < -0.39 is 0 Å². The molecule has 0 radical (unpaired) electrons. The van der Waals surface area contributed by atoms with Gasteiger partial charge >= 0.3 is 0 Å². The number of hydrogen-bond acceptors (Lipinski definition) is 1. The molecule has 0 aromatic heterocycles. The van der Waals surface area contributed by atoms with Crippen LogP contribution >= 0.6 is 0 Å². The maximum Gasteiger partial charge on any atom is 0.0234 e. The Bertz CT molecular complexity index is 446.